The molecule has 0 aliphatic carbocycles. The van der Waals surface area contributed by atoms with Crippen molar-refractivity contribution in [3.05, 3.63) is 333 Å². The molecule has 0 atom stereocenters. The molecule has 16 rings (SSSR count). The highest BCUT2D eigenvalue weighted by atomic mass is 15.1. The van der Waals surface area contributed by atoms with Crippen molar-refractivity contribution in [3.8, 4) is 118 Å². The van der Waals surface area contributed by atoms with Crippen molar-refractivity contribution < 1.29 is 0 Å². The number of hydrogen-bond acceptors (Lipinski definition) is 2. The Bertz CT molecular complexity index is 4910. The van der Waals surface area contributed by atoms with Crippen molar-refractivity contribution in [2.24, 2.45) is 0 Å². The molecule has 4 nitrogen and oxygen atoms in total. The van der Waals surface area contributed by atoms with Gasteiger partial charge in [0.2, 0.25) is 0 Å². The van der Waals surface area contributed by atoms with Gasteiger partial charge >= 0.3 is 0 Å². The average molecular weight is 1120 g/mol. The fourth-order valence-electron chi connectivity index (χ4n) is 13.4. The summed E-state index contributed by atoms with van der Waals surface area (Å²) in [6, 6.07) is 120. The van der Waals surface area contributed by atoms with Gasteiger partial charge in [-0.15, -0.1) is 0 Å². The number of hydrogen-bond donors (Lipinski definition) is 0. The highest BCUT2D eigenvalue weighted by Gasteiger charge is 2.30. The lowest BCUT2D eigenvalue weighted by Crippen LogP contribution is -2.06. The van der Waals surface area contributed by atoms with Gasteiger partial charge in [-0.1, -0.05) is 267 Å². The van der Waals surface area contributed by atoms with Crippen molar-refractivity contribution in [3.63, 3.8) is 0 Å². The summed E-state index contributed by atoms with van der Waals surface area (Å²) in [5.74, 6) is 1.42. The molecule has 0 saturated heterocycles. The fourth-order valence-corrected chi connectivity index (χ4v) is 13.4. The Morgan fingerprint density at radius 2 is 0.443 bits per heavy atom. The van der Waals surface area contributed by atoms with E-state index in [0.29, 0.717) is 17.2 Å². The molecule has 0 aliphatic heterocycles. The molecule has 16 aromatic rings. The Morgan fingerprint density at radius 1 is 0.216 bits per heavy atom. The highest BCUT2D eigenvalue weighted by molar-refractivity contribution is 6.15. The van der Waals surface area contributed by atoms with E-state index in [4.69, 9.17) is 4.98 Å². The zero-order chi connectivity index (χ0) is 58.5. The van der Waals surface area contributed by atoms with Crippen molar-refractivity contribution in [2.75, 3.05) is 0 Å². The maximum absolute atomic E-state index is 12.4. The van der Waals surface area contributed by atoms with Crippen molar-refractivity contribution in [1.82, 2.24) is 14.1 Å². The second kappa shape index (κ2) is 21.9. The topological polar surface area (TPSA) is 46.5 Å². The van der Waals surface area contributed by atoms with Gasteiger partial charge < -0.3 is 0 Å². The predicted molar refractivity (Wildman–Crippen MR) is 367 cm³/mol. The predicted octanol–water partition coefficient (Wildman–Crippen LogP) is 22.2. The molecule has 0 amide bonds. The summed E-state index contributed by atoms with van der Waals surface area (Å²) in [7, 11) is 0. The minimum absolute atomic E-state index is 0.566. The van der Waals surface area contributed by atoms with Crippen molar-refractivity contribution in [1.29, 1.82) is 5.26 Å². The lowest BCUT2D eigenvalue weighted by Gasteiger charge is -2.26. The standard InChI is InChI=1S/C84H54N4/c85-55-73-80(60-33-17-5-18-34-60)82(61-35-19-6-20-36-61)84(63-39-23-8-24-40-63)83(62-37-21-7-22-38-62)81(73)68-53-78(87-74-45-41-64(56-25-9-1-10-26-56)49-69(74)70-50-65(42-46-75(70)87)57-27-11-2-12-28-57)86-79(54-68)88-76-47-43-66(58-29-13-3-14-30-58)51-71(76)72-52-67(44-48-77(72)88)59-31-15-4-16-32-59/h1-54H. The maximum Gasteiger partial charge on any atom is 0.140 e. The molecule has 0 saturated carbocycles. The molecular weight excluding hydrogens is 1060 g/mol. The third-order valence-corrected chi connectivity index (χ3v) is 17.4. The summed E-state index contributed by atoms with van der Waals surface area (Å²) >= 11 is 0. The number of benzene rings is 13. The summed E-state index contributed by atoms with van der Waals surface area (Å²) in [6.45, 7) is 0. The largest absolute Gasteiger partial charge is 0.294 e. The van der Waals surface area contributed by atoms with E-state index in [1.165, 1.54) is 0 Å². The summed E-state index contributed by atoms with van der Waals surface area (Å²) < 4.78 is 4.69. The molecular formula is C84H54N4. The first-order chi connectivity index (χ1) is 43.6. The summed E-state index contributed by atoms with van der Waals surface area (Å²) in [5, 5.41) is 16.8. The van der Waals surface area contributed by atoms with Gasteiger partial charge in [-0.3, -0.25) is 9.13 Å². The molecule has 0 unspecified atom stereocenters. The van der Waals surface area contributed by atoms with Gasteiger partial charge in [-0.05, 0) is 150 Å². The van der Waals surface area contributed by atoms with Crippen LogP contribution < -0.4 is 0 Å². The monoisotopic (exact) mass is 1120 g/mol. The Morgan fingerprint density at radius 3 is 0.705 bits per heavy atom. The zero-order valence-electron chi connectivity index (χ0n) is 48.0. The van der Waals surface area contributed by atoms with E-state index in [9.17, 15) is 5.26 Å². The van der Waals surface area contributed by atoms with E-state index in [2.05, 4.69) is 337 Å². The minimum atomic E-state index is 0.566. The molecule has 4 heteroatoms. The van der Waals surface area contributed by atoms with Crippen LogP contribution in [0, 0.1) is 11.3 Å². The number of rotatable bonds is 11. The first-order valence-electron chi connectivity index (χ1n) is 29.9. The van der Waals surface area contributed by atoms with Crippen LogP contribution in [0.4, 0.5) is 0 Å². The maximum atomic E-state index is 12.4. The molecule has 0 bridgehead atoms. The van der Waals surface area contributed by atoms with Crippen LogP contribution in [0.25, 0.3) is 155 Å². The van der Waals surface area contributed by atoms with E-state index in [1.54, 1.807) is 0 Å². The number of nitriles is 1. The summed E-state index contributed by atoms with van der Waals surface area (Å²) in [5.41, 5.74) is 23.2. The van der Waals surface area contributed by atoms with E-state index >= 15 is 0 Å². The van der Waals surface area contributed by atoms with Crippen LogP contribution in [0.1, 0.15) is 5.56 Å². The minimum Gasteiger partial charge on any atom is -0.294 e. The van der Waals surface area contributed by atoms with Crippen LogP contribution in [0.3, 0.4) is 0 Å². The molecule has 13 aromatic carbocycles. The van der Waals surface area contributed by atoms with E-state index in [1.807, 2.05) is 6.07 Å². The van der Waals surface area contributed by atoms with Crippen molar-refractivity contribution in [2.45, 2.75) is 0 Å². The lowest BCUT2D eigenvalue weighted by atomic mass is 9.76. The third kappa shape index (κ3) is 8.97. The van der Waals surface area contributed by atoms with Gasteiger partial charge in [0.1, 0.15) is 17.7 Å². The SMILES string of the molecule is N#Cc1c(-c2ccccc2)c(-c2ccccc2)c(-c2ccccc2)c(-c2ccccc2)c1-c1cc(-n2c3ccc(-c4ccccc4)cc3c3cc(-c4ccccc4)ccc32)nc(-n2c3ccc(-c4ccccc4)cc3c3cc(-c4ccccc4)ccc32)c1. The average Bonchev–Trinajstić information content (AvgIpc) is 3.10. The van der Waals surface area contributed by atoms with Gasteiger partial charge in [0.25, 0.3) is 0 Å². The van der Waals surface area contributed by atoms with Crippen LogP contribution in [-0.4, -0.2) is 14.1 Å². The number of pyridine rings is 1. The summed E-state index contributed by atoms with van der Waals surface area (Å²) in [6.07, 6.45) is 0. The Balaban J connectivity index is 1.08. The van der Waals surface area contributed by atoms with Crippen molar-refractivity contribution >= 4 is 43.6 Å². The first-order valence-corrected chi connectivity index (χ1v) is 29.9. The second-order valence-corrected chi connectivity index (χ2v) is 22.5. The van der Waals surface area contributed by atoms with Gasteiger partial charge in [0, 0.05) is 32.7 Å². The molecule has 0 spiro atoms. The fraction of sp³-hybridized carbons (Fsp3) is 0. The highest BCUT2D eigenvalue weighted by Crippen LogP contribution is 2.53. The van der Waals surface area contributed by atoms with E-state index in [0.717, 1.165) is 144 Å². The number of aromatic nitrogens is 3. The van der Waals surface area contributed by atoms with Crippen LogP contribution in [0.5, 0.6) is 0 Å². The van der Waals surface area contributed by atoms with Gasteiger partial charge in [0.05, 0.1) is 27.6 Å². The molecule has 0 radical (unpaired) electrons. The van der Waals surface area contributed by atoms with Crippen LogP contribution in [0.2, 0.25) is 0 Å². The zero-order valence-corrected chi connectivity index (χ0v) is 48.0. The normalized spacial score (nSPS) is 11.4. The van der Waals surface area contributed by atoms with Crippen LogP contribution in [0.15, 0.2) is 328 Å². The van der Waals surface area contributed by atoms with Gasteiger partial charge in [-0.25, -0.2) is 4.98 Å². The molecule has 3 heterocycles. The molecule has 0 aliphatic rings. The Hall–Kier alpha value is -11.9. The quantitative estimate of drug-likeness (QED) is 0.130. The molecule has 410 valence electrons. The molecule has 3 aromatic heterocycles. The Labute approximate surface area is 511 Å². The molecule has 0 N–H and O–H groups in total. The Kier molecular flexibility index (Phi) is 12.9. The number of nitrogens with zero attached hydrogens (tertiary/aromatic N) is 4. The molecule has 0 fully saturated rings. The third-order valence-electron chi connectivity index (χ3n) is 17.4. The van der Waals surface area contributed by atoms with Crippen LogP contribution in [-0.2, 0) is 0 Å². The number of fused-ring (bicyclic) bond motifs is 6. The second-order valence-electron chi connectivity index (χ2n) is 22.5. The first kappa shape index (κ1) is 51.7. The van der Waals surface area contributed by atoms with Gasteiger partial charge in [0.15, 0.2) is 0 Å². The smallest absolute Gasteiger partial charge is 0.140 e. The van der Waals surface area contributed by atoms with Gasteiger partial charge in [-0.2, -0.15) is 5.26 Å². The molecule has 88 heavy (non-hydrogen) atoms. The van der Waals surface area contributed by atoms with E-state index < -0.39 is 0 Å². The van der Waals surface area contributed by atoms with E-state index in [-0.39, 0.29) is 0 Å². The summed E-state index contributed by atoms with van der Waals surface area (Å²) in [4.78, 5) is 5.99. The van der Waals surface area contributed by atoms with Crippen LogP contribution >= 0.6 is 0 Å². The lowest BCUT2D eigenvalue weighted by molar-refractivity contribution is 1.01.